The number of nitrogens with zero attached hydrogens (tertiary/aromatic N) is 2. The number of ether oxygens (including phenoxy) is 1. The number of hydrogen-bond donors (Lipinski definition) is 0. The summed E-state index contributed by atoms with van der Waals surface area (Å²) in [7, 11) is 1.61. The van der Waals surface area contributed by atoms with Gasteiger partial charge in [-0.05, 0) is 36.2 Å². The summed E-state index contributed by atoms with van der Waals surface area (Å²) in [6, 6.07) is 9.33. The molecule has 6 heteroatoms. The molecule has 1 aromatic heterocycles. The van der Waals surface area contributed by atoms with Gasteiger partial charge in [-0.25, -0.2) is 0 Å². The molecule has 0 saturated carbocycles. The molecule has 2 heterocycles. The number of methoxy groups -OCH3 is 1. The molecule has 25 heavy (non-hydrogen) atoms. The molecule has 2 aromatic rings. The van der Waals surface area contributed by atoms with E-state index in [0.717, 1.165) is 11.4 Å². The normalized spacial score (nSPS) is 15.0. The number of hydrogen-bond acceptors (Lipinski definition) is 4. The molecule has 5 nitrogen and oxygen atoms in total. The van der Waals surface area contributed by atoms with Gasteiger partial charge >= 0.3 is 0 Å². The van der Waals surface area contributed by atoms with Gasteiger partial charge in [0.2, 0.25) is 5.91 Å². The van der Waals surface area contributed by atoms with Gasteiger partial charge in [0.05, 0.1) is 12.7 Å². The van der Waals surface area contributed by atoms with Gasteiger partial charge in [0.1, 0.15) is 12.3 Å². The highest BCUT2D eigenvalue weighted by molar-refractivity contribution is 7.10. The van der Waals surface area contributed by atoms with E-state index in [2.05, 4.69) is 13.8 Å². The summed E-state index contributed by atoms with van der Waals surface area (Å²) < 4.78 is 5.14. The van der Waals surface area contributed by atoms with Gasteiger partial charge in [-0.2, -0.15) is 0 Å². The second-order valence-electron chi connectivity index (χ2n) is 6.36. The number of thiophene rings is 1. The number of rotatable bonds is 4. The van der Waals surface area contributed by atoms with E-state index in [1.807, 2.05) is 35.7 Å². The van der Waals surface area contributed by atoms with E-state index >= 15 is 0 Å². The minimum Gasteiger partial charge on any atom is -0.497 e. The zero-order valence-corrected chi connectivity index (χ0v) is 15.5. The van der Waals surface area contributed by atoms with E-state index in [1.54, 1.807) is 28.2 Å². The smallest absolute Gasteiger partial charge is 0.255 e. The Bertz CT molecular complexity index is 767. The summed E-state index contributed by atoms with van der Waals surface area (Å²) >= 11 is 1.60. The average Bonchev–Trinajstić information content (AvgIpc) is 3.11. The molecule has 0 unspecified atom stereocenters. The van der Waals surface area contributed by atoms with E-state index in [1.165, 1.54) is 4.88 Å². The Kier molecular flexibility index (Phi) is 5.08. The van der Waals surface area contributed by atoms with E-state index < -0.39 is 0 Å². The largest absolute Gasteiger partial charge is 0.497 e. The van der Waals surface area contributed by atoms with Gasteiger partial charge in [-0.15, -0.1) is 11.3 Å². The van der Waals surface area contributed by atoms with Crippen molar-refractivity contribution in [1.29, 1.82) is 0 Å². The van der Waals surface area contributed by atoms with Crippen LogP contribution in [-0.4, -0.2) is 43.5 Å². The van der Waals surface area contributed by atoms with Crippen LogP contribution in [0.2, 0.25) is 0 Å². The molecule has 1 aliphatic rings. The van der Waals surface area contributed by atoms with Crippen LogP contribution in [-0.2, 0) is 4.79 Å². The lowest BCUT2D eigenvalue weighted by Crippen LogP contribution is -2.52. The van der Waals surface area contributed by atoms with Crippen molar-refractivity contribution < 1.29 is 14.3 Å². The maximum Gasteiger partial charge on any atom is 0.255 e. The minimum atomic E-state index is -0.0657. The molecule has 1 saturated heterocycles. The number of anilines is 1. The van der Waals surface area contributed by atoms with E-state index in [4.69, 9.17) is 4.74 Å². The number of piperazine rings is 1. The summed E-state index contributed by atoms with van der Waals surface area (Å²) in [5, 5.41) is 1.89. The molecule has 3 rings (SSSR count). The molecule has 0 bridgehead atoms. The molecule has 0 atom stereocenters. The van der Waals surface area contributed by atoms with Crippen LogP contribution < -0.4 is 9.64 Å². The highest BCUT2D eigenvalue weighted by atomic mass is 32.1. The monoisotopic (exact) mass is 358 g/mol. The third kappa shape index (κ3) is 3.69. The van der Waals surface area contributed by atoms with Gasteiger partial charge in [0.25, 0.3) is 5.91 Å². The van der Waals surface area contributed by atoms with Crippen LogP contribution >= 0.6 is 11.3 Å². The molecule has 0 aliphatic carbocycles. The quantitative estimate of drug-likeness (QED) is 0.842. The number of benzene rings is 1. The van der Waals surface area contributed by atoms with Crippen LogP contribution in [0.25, 0.3) is 0 Å². The van der Waals surface area contributed by atoms with Crippen molar-refractivity contribution in [2.45, 2.75) is 19.8 Å². The Labute approximate surface area is 151 Å². The lowest BCUT2D eigenvalue weighted by atomic mass is 10.1. The Hall–Kier alpha value is -2.34. The Balaban J connectivity index is 1.68. The van der Waals surface area contributed by atoms with Crippen molar-refractivity contribution in [3.63, 3.8) is 0 Å². The maximum atomic E-state index is 12.7. The fraction of sp³-hybridized carbons (Fsp3) is 0.368. The maximum absolute atomic E-state index is 12.7. The standard InChI is InChI=1S/C19H22N2O3S/c1-13(2)17-10-14(12-25-17)19(23)20-8-9-21(18(22)11-20)15-4-6-16(24-3)7-5-15/h4-7,10,12-13H,8-9,11H2,1-3H3. The first kappa shape index (κ1) is 17.5. The second-order valence-corrected chi connectivity index (χ2v) is 7.31. The summed E-state index contributed by atoms with van der Waals surface area (Å²) in [5.74, 6) is 1.03. The Morgan fingerprint density at radius 1 is 1.20 bits per heavy atom. The van der Waals surface area contributed by atoms with Crippen molar-refractivity contribution in [3.8, 4) is 5.75 Å². The predicted octanol–water partition coefficient (Wildman–Crippen LogP) is 3.37. The van der Waals surface area contributed by atoms with Gasteiger partial charge in [0, 0.05) is 29.0 Å². The van der Waals surface area contributed by atoms with Crippen LogP contribution in [0.1, 0.15) is 35.0 Å². The van der Waals surface area contributed by atoms with Crippen molar-refractivity contribution in [2.24, 2.45) is 0 Å². The first-order chi connectivity index (χ1) is 12.0. The van der Waals surface area contributed by atoms with Crippen LogP contribution in [0.15, 0.2) is 35.7 Å². The van der Waals surface area contributed by atoms with Crippen LogP contribution in [0.5, 0.6) is 5.75 Å². The summed E-state index contributed by atoms with van der Waals surface area (Å²) in [4.78, 5) is 29.7. The van der Waals surface area contributed by atoms with Gasteiger partial charge in [-0.1, -0.05) is 13.8 Å². The van der Waals surface area contributed by atoms with Gasteiger partial charge in [-0.3, -0.25) is 9.59 Å². The molecule has 1 aliphatic heterocycles. The lowest BCUT2D eigenvalue weighted by Gasteiger charge is -2.34. The van der Waals surface area contributed by atoms with E-state index in [0.29, 0.717) is 24.6 Å². The van der Waals surface area contributed by atoms with E-state index in [9.17, 15) is 9.59 Å². The third-order valence-electron chi connectivity index (χ3n) is 4.33. The first-order valence-electron chi connectivity index (χ1n) is 8.31. The fourth-order valence-corrected chi connectivity index (χ4v) is 3.73. The van der Waals surface area contributed by atoms with Gasteiger partial charge in [0.15, 0.2) is 0 Å². The summed E-state index contributed by atoms with van der Waals surface area (Å²) in [6.07, 6.45) is 0. The molecule has 0 N–H and O–H groups in total. The molecular weight excluding hydrogens is 336 g/mol. The molecule has 2 amide bonds. The SMILES string of the molecule is COc1ccc(N2CCN(C(=O)c3csc(C(C)C)c3)CC2=O)cc1. The van der Waals surface area contributed by atoms with Crippen molar-refractivity contribution in [3.05, 3.63) is 46.2 Å². The van der Waals surface area contributed by atoms with E-state index in [-0.39, 0.29) is 18.4 Å². The summed E-state index contributed by atoms with van der Waals surface area (Å²) in [5.41, 5.74) is 1.51. The molecule has 1 aromatic carbocycles. The Morgan fingerprint density at radius 2 is 1.92 bits per heavy atom. The fourth-order valence-electron chi connectivity index (χ4n) is 2.83. The van der Waals surface area contributed by atoms with Crippen LogP contribution in [0.3, 0.4) is 0 Å². The van der Waals surface area contributed by atoms with Crippen LogP contribution in [0.4, 0.5) is 5.69 Å². The van der Waals surface area contributed by atoms with Crippen LogP contribution in [0, 0.1) is 0 Å². The highest BCUT2D eigenvalue weighted by Crippen LogP contribution is 2.25. The molecule has 1 fully saturated rings. The molecule has 132 valence electrons. The highest BCUT2D eigenvalue weighted by Gasteiger charge is 2.29. The summed E-state index contributed by atoms with van der Waals surface area (Å²) in [6.45, 7) is 5.35. The minimum absolute atomic E-state index is 0.0640. The zero-order valence-electron chi connectivity index (χ0n) is 14.7. The first-order valence-corrected chi connectivity index (χ1v) is 9.19. The molecule has 0 spiro atoms. The lowest BCUT2D eigenvalue weighted by molar-refractivity contribution is -0.120. The number of carbonyl (C=O) groups excluding carboxylic acids is 2. The van der Waals surface area contributed by atoms with Gasteiger partial charge < -0.3 is 14.5 Å². The predicted molar refractivity (Wildman–Crippen MR) is 99.7 cm³/mol. The van der Waals surface area contributed by atoms with Crippen molar-refractivity contribution >= 4 is 28.8 Å². The molecular formula is C19H22N2O3S. The average molecular weight is 358 g/mol. The zero-order chi connectivity index (χ0) is 18.0. The number of amides is 2. The topological polar surface area (TPSA) is 49.9 Å². The molecule has 0 radical (unpaired) electrons. The number of carbonyl (C=O) groups is 2. The second kappa shape index (κ2) is 7.27. The third-order valence-corrected chi connectivity index (χ3v) is 5.56. The van der Waals surface area contributed by atoms with Crippen molar-refractivity contribution in [1.82, 2.24) is 4.90 Å². The Morgan fingerprint density at radius 3 is 2.48 bits per heavy atom. The van der Waals surface area contributed by atoms with Crippen molar-refractivity contribution in [2.75, 3.05) is 31.6 Å².